The maximum atomic E-state index is 12.8. The van der Waals surface area contributed by atoms with E-state index in [0.717, 1.165) is 80.1 Å². The molecule has 3 heterocycles. The van der Waals surface area contributed by atoms with Crippen LogP contribution >= 0.6 is 0 Å². The zero-order valence-electron chi connectivity index (χ0n) is 20.1. The summed E-state index contributed by atoms with van der Waals surface area (Å²) in [5, 5.41) is 3.19. The van der Waals surface area contributed by atoms with Crippen molar-refractivity contribution in [3.8, 4) is 0 Å². The first kappa shape index (κ1) is 22.2. The number of carbonyl (C=O) groups is 1. The Morgan fingerprint density at radius 1 is 1.24 bits per heavy atom. The smallest absolute Gasteiger partial charge is 0.223 e. The van der Waals surface area contributed by atoms with Gasteiger partial charge in [0.15, 0.2) is 0 Å². The van der Waals surface area contributed by atoms with E-state index in [4.69, 9.17) is 9.40 Å². The van der Waals surface area contributed by atoms with E-state index < -0.39 is 0 Å². The lowest BCUT2D eigenvalue weighted by Crippen LogP contribution is -2.38. The third kappa shape index (κ3) is 4.58. The van der Waals surface area contributed by atoms with Gasteiger partial charge in [-0.05, 0) is 81.9 Å². The molecule has 2 unspecified atom stereocenters. The highest BCUT2D eigenvalue weighted by Crippen LogP contribution is 2.59. The maximum Gasteiger partial charge on any atom is 0.223 e. The first-order chi connectivity index (χ1) is 15.9. The molecular weight excluding hydrogens is 412 g/mol. The fourth-order valence-corrected chi connectivity index (χ4v) is 5.57. The minimum absolute atomic E-state index is 0.199. The van der Waals surface area contributed by atoms with Crippen molar-refractivity contribution in [2.24, 2.45) is 18.4 Å². The standard InChI is InChI=1S/C27H36N4O2/c1-19(24-9-8-20(2)33-24)11-15-31-16-12-27(13-17-31)18-21(27)26(32)28-14-10-25-29-22-6-4-5-7-23(22)30(25)3/h4-9,19,21H,10-18H2,1-3H3,(H,28,32). The fourth-order valence-electron chi connectivity index (χ4n) is 5.57. The van der Waals surface area contributed by atoms with Crippen molar-refractivity contribution in [3.05, 3.63) is 53.7 Å². The van der Waals surface area contributed by atoms with Crippen LogP contribution in [0.1, 0.15) is 55.9 Å². The monoisotopic (exact) mass is 448 g/mol. The molecule has 1 aliphatic heterocycles. The first-order valence-electron chi connectivity index (χ1n) is 12.4. The summed E-state index contributed by atoms with van der Waals surface area (Å²) in [4.78, 5) is 20.1. The predicted octanol–water partition coefficient (Wildman–Crippen LogP) is 4.43. The van der Waals surface area contributed by atoms with Crippen LogP contribution in [-0.2, 0) is 18.3 Å². The number of benzene rings is 1. The molecule has 2 aromatic heterocycles. The molecule has 1 aromatic carbocycles. The summed E-state index contributed by atoms with van der Waals surface area (Å²) < 4.78 is 7.91. The zero-order chi connectivity index (χ0) is 23.0. The molecule has 2 fully saturated rings. The molecule has 1 spiro atoms. The van der Waals surface area contributed by atoms with Gasteiger partial charge in [-0.25, -0.2) is 4.98 Å². The summed E-state index contributed by atoms with van der Waals surface area (Å²) in [6, 6.07) is 12.3. The summed E-state index contributed by atoms with van der Waals surface area (Å²) in [5.41, 5.74) is 2.41. The number of imidazole rings is 1. The van der Waals surface area contributed by atoms with Gasteiger partial charge < -0.3 is 19.2 Å². The maximum absolute atomic E-state index is 12.8. The number of nitrogens with zero attached hydrogens (tertiary/aromatic N) is 3. The van der Waals surface area contributed by atoms with Crippen LogP contribution in [0.5, 0.6) is 0 Å². The van der Waals surface area contributed by atoms with E-state index in [1.54, 1.807) is 0 Å². The lowest BCUT2D eigenvalue weighted by atomic mass is 9.90. The Hall–Kier alpha value is -2.60. The molecule has 1 amide bonds. The van der Waals surface area contributed by atoms with E-state index >= 15 is 0 Å². The summed E-state index contributed by atoms with van der Waals surface area (Å²) in [7, 11) is 2.05. The van der Waals surface area contributed by atoms with Gasteiger partial charge in [0.25, 0.3) is 0 Å². The van der Waals surface area contributed by atoms with Crippen molar-refractivity contribution < 1.29 is 9.21 Å². The van der Waals surface area contributed by atoms with E-state index in [9.17, 15) is 4.79 Å². The number of carbonyl (C=O) groups excluding carboxylic acids is 1. The third-order valence-electron chi connectivity index (χ3n) is 8.01. The van der Waals surface area contributed by atoms with Gasteiger partial charge in [0.05, 0.1) is 11.0 Å². The minimum atomic E-state index is 0.199. The Morgan fingerprint density at radius 3 is 2.76 bits per heavy atom. The molecular formula is C27H36N4O2. The van der Waals surface area contributed by atoms with Crippen LogP contribution in [0.4, 0.5) is 0 Å². The number of hydrogen-bond donors (Lipinski definition) is 1. The van der Waals surface area contributed by atoms with Gasteiger partial charge in [-0.1, -0.05) is 19.1 Å². The van der Waals surface area contributed by atoms with Gasteiger partial charge in [-0.3, -0.25) is 4.79 Å². The van der Waals surface area contributed by atoms with Crippen LogP contribution in [0.2, 0.25) is 0 Å². The lowest BCUT2D eigenvalue weighted by Gasteiger charge is -2.33. The second-order valence-corrected chi connectivity index (χ2v) is 10.2. The number of para-hydroxylation sites is 2. The van der Waals surface area contributed by atoms with Crippen molar-refractivity contribution in [1.29, 1.82) is 0 Å². The lowest BCUT2D eigenvalue weighted by molar-refractivity contribution is -0.123. The Bertz CT molecular complexity index is 1120. The number of aryl methyl sites for hydroxylation is 2. The molecule has 3 aromatic rings. The Kier molecular flexibility index (Phi) is 6.04. The summed E-state index contributed by atoms with van der Waals surface area (Å²) in [6.07, 6.45) is 5.22. The van der Waals surface area contributed by atoms with Crippen LogP contribution in [0.25, 0.3) is 11.0 Å². The number of hydrogen-bond acceptors (Lipinski definition) is 4. The van der Waals surface area contributed by atoms with Gasteiger partial charge in [-0.15, -0.1) is 0 Å². The minimum Gasteiger partial charge on any atom is -0.466 e. The molecule has 1 aliphatic carbocycles. The molecule has 0 radical (unpaired) electrons. The predicted molar refractivity (Wildman–Crippen MR) is 130 cm³/mol. The summed E-state index contributed by atoms with van der Waals surface area (Å²) in [6.45, 7) is 8.22. The third-order valence-corrected chi connectivity index (χ3v) is 8.01. The molecule has 1 saturated carbocycles. The van der Waals surface area contributed by atoms with Crippen molar-refractivity contribution in [2.75, 3.05) is 26.2 Å². The number of amides is 1. The van der Waals surface area contributed by atoms with Gasteiger partial charge in [0.2, 0.25) is 5.91 Å². The molecule has 33 heavy (non-hydrogen) atoms. The number of nitrogens with one attached hydrogen (secondary N) is 1. The number of piperidine rings is 1. The highest BCUT2D eigenvalue weighted by atomic mass is 16.3. The number of fused-ring (bicyclic) bond motifs is 1. The molecule has 1 saturated heterocycles. The molecule has 2 atom stereocenters. The van der Waals surface area contributed by atoms with Crippen molar-refractivity contribution >= 4 is 16.9 Å². The topological polar surface area (TPSA) is 63.3 Å². The molecule has 1 N–H and O–H groups in total. The van der Waals surface area contributed by atoms with E-state index in [2.05, 4.69) is 33.8 Å². The van der Waals surface area contributed by atoms with Crippen molar-refractivity contribution in [1.82, 2.24) is 19.8 Å². The quantitative estimate of drug-likeness (QED) is 0.554. The van der Waals surface area contributed by atoms with Crippen LogP contribution in [0, 0.1) is 18.3 Å². The summed E-state index contributed by atoms with van der Waals surface area (Å²) in [5.74, 6) is 4.00. The SMILES string of the molecule is Cc1ccc(C(C)CCN2CCC3(CC2)CC3C(=O)NCCc2nc3ccccc3n2C)o1. The van der Waals surface area contributed by atoms with Gasteiger partial charge in [-0.2, -0.15) is 0 Å². The Morgan fingerprint density at radius 2 is 2.03 bits per heavy atom. The van der Waals surface area contributed by atoms with Crippen LogP contribution in [0.3, 0.4) is 0 Å². The van der Waals surface area contributed by atoms with Crippen LogP contribution in [0.15, 0.2) is 40.8 Å². The van der Waals surface area contributed by atoms with Crippen molar-refractivity contribution in [2.45, 2.75) is 51.9 Å². The molecule has 6 nitrogen and oxygen atoms in total. The highest BCUT2D eigenvalue weighted by molar-refractivity contribution is 5.82. The van der Waals surface area contributed by atoms with E-state index in [1.807, 2.05) is 38.2 Å². The largest absolute Gasteiger partial charge is 0.466 e. The second-order valence-electron chi connectivity index (χ2n) is 10.2. The second kappa shape index (κ2) is 8.98. The molecule has 176 valence electrons. The summed E-state index contributed by atoms with van der Waals surface area (Å²) >= 11 is 0. The van der Waals surface area contributed by atoms with E-state index in [1.165, 1.54) is 0 Å². The van der Waals surface area contributed by atoms with Gasteiger partial charge >= 0.3 is 0 Å². The fraction of sp³-hybridized carbons (Fsp3) is 0.556. The number of aromatic nitrogens is 2. The van der Waals surface area contributed by atoms with Crippen LogP contribution in [-0.4, -0.2) is 46.5 Å². The normalized spacial score (nSPS) is 20.9. The average Bonchev–Trinajstić information content (AvgIpc) is 3.17. The Labute approximate surface area is 196 Å². The number of rotatable bonds is 8. The van der Waals surface area contributed by atoms with E-state index in [-0.39, 0.29) is 17.2 Å². The number of likely N-dealkylation sites (tertiary alicyclic amines) is 1. The molecule has 6 heteroatoms. The molecule has 5 rings (SSSR count). The zero-order valence-corrected chi connectivity index (χ0v) is 20.1. The molecule has 2 aliphatic rings. The first-order valence-corrected chi connectivity index (χ1v) is 12.4. The Balaban J connectivity index is 1.04. The molecule has 0 bridgehead atoms. The van der Waals surface area contributed by atoms with Gasteiger partial charge in [0.1, 0.15) is 17.3 Å². The highest BCUT2D eigenvalue weighted by Gasteiger charge is 2.58. The van der Waals surface area contributed by atoms with Crippen LogP contribution < -0.4 is 5.32 Å². The average molecular weight is 449 g/mol. The van der Waals surface area contributed by atoms with Crippen molar-refractivity contribution in [3.63, 3.8) is 0 Å². The van der Waals surface area contributed by atoms with E-state index in [0.29, 0.717) is 12.5 Å². The number of furan rings is 1. The van der Waals surface area contributed by atoms with Gasteiger partial charge in [0, 0.05) is 31.8 Å².